The van der Waals surface area contributed by atoms with Gasteiger partial charge in [-0.15, -0.1) is 0 Å². The highest BCUT2D eigenvalue weighted by molar-refractivity contribution is 6.31. The van der Waals surface area contributed by atoms with Crippen LogP contribution in [0, 0.1) is 6.92 Å². The van der Waals surface area contributed by atoms with Crippen LogP contribution in [-0.2, 0) is 0 Å². The fraction of sp³-hybridized carbons (Fsp3) is 0.0476. The second-order valence-corrected chi connectivity index (χ2v) is 6.64. The van der Waals surface area contributed by atoms with E-state index in [2.05, 4.69) is 25.6 Å². The summed E-state index contributed by atoms with van der Waals surface area (Å²) in [6, 6.07) is 15.0. The molecule has 0 saturated heterocycles. The standard InChI is InChI=1S/C21H16ClN5O/c1-13-7-8-15(22)10-17(13)27-21(28)18-11-25-19(12-24-18)26-16-6-2-4-14-5-3-9-23-20(14)16/h2-12H,1H3,(H,25,26)(H,27,28). The van der Waals surface area contributed by atoms with E-state index in [1.165, 1.54) is 12.4 Å². The van der Waals surface area contributed by atoms with E-state index in [0.717, 1.165) is 22.2 Å². The topological polar surface area (TPSA) is 79.8 Å². The first kappa shape index (κ1) is 17.9. The van der Waals surface area contributed by atoms with Gasteiger partial charge in [-0.1, -0.05) is 35.9 Å². The van der Waals surface area contributed by atoms with Crippen LogP contribution in [0.15, 0.2) is 67.1 Å². The van der Waals surface area contributed by atoms with Crippen molar-refractivity contribution in [2.45, 2.75) is 6.92 Å². The van der Waals surface area contributed by atoms with E-state index in [-0.39, 0.29) is 11.6 Å². The maximum Gasteiger partial charge on any atom is 0.275 e. The lowest BCUT2D eigenvalue weighted by molar-refractivity contribution is 0.102. The SMILES string of the molecule is Cc1ccc(Cl)cc1NC(=O)c1cnc(Nc2cccc3cccnc23)cn1. The number of amides is 1. The lowest BCUT2D eigenvalue weighted by Crippen LogP contribution is -2.15. The minimum absolute atomic E-state index is 0.209. The summed E-state index contributed by atoms with van der Waals surface area (Å²) in [5, 5.41) is 7.57. The van der Waals surface area contributed by atoms with Crippen molar-refractivity contribution in [3.05, 3.63) is 83.4 Å². The zero-order valence-corrected chi connectivity index (χ0v) is 15.7. The summed E-state index contributed by atoms with van der Waals surface area (Å²) in [6.45, 7) is 1.89. The van der Waals surface area contributed by atoms with Crippen LogP contribution in [0.5, 0.6) is 0 Å². The van der Waals surface area contributed by atoms with Crippen molar-refractivity contribution >= 4 is 45.6 Å². The molecule has 0 aliphatic heterocycles. The van der Waals surface area contributed by atoms with Gasteiger partial charge in [0.25, 0.3) is 5.91 Å². The number of carbonyl (C=O) groups excluding carboxylic acids is 1. The summed E-state index contributed by atoms with van der Waals surface area (Å²) < 4.78 is 0. The predicted molar refractivity (Wildman–Crippen MR) is 111 cm³/mol. The van der Waals surface area contributed by atoms with Crippen molar-refractivity contribution in [2.75, 3.05) is 10.6 Å². The van der Waals surface area contributed by atoms with Crippen molar-refractivity contribution in [1.29, 1.82) is 0 Å². The van der Waals surface area contributed by atoms with Gasteiger partial charge < -0.3 is 10.6 Å². The van der Waals surface area contributed by atoms with E-state index < -0.39 is 0 Å². The molecular weight excluding hydrogens is 374 g/mol. The number of aromatic nitrogens is 3. The first-order valence-electron chi connectivity index (χ1n) is 8.60. The van der Waals surface area contributed by atoms with Crippen LogP contribution in [0.2, 0.25) is 5.02 Å². The van der Waals surface area contributed by atoms with Crippen LogP contribution >= 0.6 is 11.6 Å². The summed E-state index contributed by atoms with van der Waals surface area (Å²) >= 11 is 5.99. The fourth-order valence-corrected chi connectivity index (χ4v) is 2.94. The quantitative estimate of drug-likeness (QED) is 0.514. The second kappa shape index (κ2) is 7.62. The van der Waals surface area contributed by atoms with Crippen LogP contribution in [0.25, 0.3) is 10.9 Å². The van der Waals surface area contributed by atoms with E-state index >= 15 is 0 Å². The summed E-state index contributed by atoms with van der Waals surface area (Å²) in [6.07, 6.45) is 4.68. The Morgan fingerprint density at radius 2 is 1.82 bits per heavy atom. The highest BCUT2D eigenvalue weighted by Crippen LogP contribution is 2.24. The van der Waals surface area contributed by atoms with Gasteiger partial charge in [-0.2, -0.15) is 0 Å². The molecule has 0 bridgehead atoms. The highest BCUT2D eigenvalue weighted by atomic mass is 35.5. The number of nitrogens with zero attached hydrogens (tertiary/aromatic N) is 3. The van der Waals surface area contributed by atoms with Crippen molar-refractivity contribution in [3.63, 3.8) is 0 Å². The Bertz CT molecular complexity index is 1160. The maximum absolute atomic E-state index is 12.4. The third-order valence-corrected chi connectivity index (χ3v) is 4.46. The number of pyridine rings is 1. The fourth-order valence-electron chi connectivity index (χ4n) is 2.77. The third kappa shape index (κ3) is 3.77. The molecule has 28 heavy (non-hydrogen) atoms. The van der Waals surface area contributed by atoms with Crippen LogP contribution in [-0.4, -0.2) is 20.9 Å². The van der Waals surface area contributed by atoms with Crippen LogP contribution in [0.1, 0.15) is 16.1 Å². The van der Waals surface area contributed by atoms with E-state index in [1.54, 1.807) is 18.3 Å². The average molecular weight is 390 g/mol. The first-order valence-corrected chi connectivity index (χ1v) is 8.98. The monoisotopic (exact) mass is 389 g/mol. The van der Waals surface area contributed by atoms with Crippen molar-refractivity contribution < 1.29 is 4.79 Å². The summed E-state index contributed by atoms with van der Waals surface area (Å²) in [5.41, 5.74) is 3.42. The molecule has 1 amide bonds. The molecular formula is C21H16ClN5O. The molecule has 6 nitrogen and oxygen atoms in total. The molecule has 0 atom stereocenters. The Morgan fingerprint density at radius 1 is 0.964 bits per heavy atom. The van der Waals surface area contributed by atoms with Crippen LogP contribution in [0.4, 0.5) is 17.2 Å². The van der Waals surface area contributed by atoms with Gasteiger partial charge in [0, 0.05) is 22.3 Å². The normalized spacial score (nSPS) is 10.6. The summed E-state index contributed by atoms with van der Waals surface area (Å²) in [7, 11) is 0. The molecule has 0 fully saturated rings. The van der Waals surface area contributed by atoms with Crippen molar-refractivity contribution in [3.8, 4) is 0 Å². The molecule has 138 valence electrons. The van der Waals surface area contributed by atoms with Crippen molar-refractivity contribution in [2.24, 2.45) is 0 Å². The molecule has 0 saturated carbocycles. The van der Waals surface area contributed by atoms with Gasteiger partial charge in [-0.3, -0.25) is 9.78 Å². The van der Waals surface area contributed by atoms with E-state index in [1.807, 2.05) is 43.3 Å². The molecule has 0 aliphatic rings. The molecule has 0 aliphatic carbocycles. The molecule has 2 heterocycles. The number of anilines is 3. The molecule has 2 aromatic heterocycles. The maximum atomic E-state index is 12.4. The number of fused-ring (bicyclic) bond motifs is 1. The van der Waals surface area contributed by atoms with E-state index in [0.29, 0.717) is 16.5 Å². The average Bonchev–Trinajstić information content (AvgIpc) is 2.71. The smallest absolute Gasteiger partial charge is 0.275 e. The zero-order chi connectivity index (χ0) is 19.5. The predicted octanol–water partition coefficient (Wildman–Crippen LogP) is 4.98. The minimum atomic E-state index is -0.351. The first-order chi connectivity index (χ1) is 13.6. The van der Waals surface area contributed by atoms with Gasteiger partial charge in [0.2, 0.25) is 0 Å². The van der Waals surface area contributed by atoms with Gasteiger partial charge in [-0.05, 0) is 36.8 Å². The lowest BCUT2D eigenvalue weighted by Gasteiger charge is -2.10. The molecule has 0 spiro atoms. The molecule has 2 aromatic carbocycles. The minimum Gasteiger partial charge on any atom is -0.337 e. The highest BCUT2D eigenvalue weighted by Gasteiger charge is 2.11. The second-order valence-electron chi connectivity index (χ2n) is 6.21. The Kier molecular flexibility index (Phi) is 4.87. The Hall–Kier alpha value is -3.51. The molecule has 0 radical (unpaired) electrons. The Labute approximate surface area is 166 Å². The number of hydrogen-bond acceptors (Lipinski definition) is 5. The summed E-state index contributed by atoms with van der Waals surface area (Å²) in [4.78, 5) is 25.3. The molecule has 4 rings (SSSR count). The lowest BCUT2D eigenvalue weighted by atomic mass is 10.2. The molecule has 7 heteroatoms. The molecule has 0 unspecified atom stereocenters. The van der Waals surface area contributed by atoms with Gasteiger partial charge in [-0.25, -0.2) is 9.97 Å². The van der Waals surface area contributed by atoms with Crippen molar-refractivity contribution in [1.82, 2.24) is 15.0 Å². The number of benzene rings is 2. The van der Waals surface area contributed by atoms with Gasteiger partial charge in [0.05, 0.1) is 23.6 Å². The number of carbonyl (C=O) groups is 1. The number of para-hydroxylation sites is 1. The number of aryl methyl sites for hydroxylation is 1. The van der Waals surface area contributed by atoms with Crippen LogP contribution < -0.4 is 10.6 Å². The Balaban J connectivity index is 1.52. The summed E-state index contributed by atoms with van der Waals surface area (Å²) in [5.74, 6) is 0.171. The third-order valence-electron chi connectivity index (χ3n) is 4.23. The largest absolute Gasteiger partial charge is 0.337 e. The van der Waals surface area contributed by atoms with Gasteiger partial charge >= 0.3 is 0 Å². The van der Waals surface area contributed by atoms with E-state index in [4.69, 9.17) is 11.6 Å². The zero-order valence-electron chi connectivity index (χ0n) is 15.0. The van der Waals surface area contributed by atoms with E-state index in [9.17, 15) is 4.79 Å². The number of halogens is 1. The molecule has 2 N–H and O–H groups in total. The number of rotatable bonds is 4. The number of hydrogen-bond donors (Lipinski definition) is 2. The Morgan fingerprint density at radius 3 is 2.64 bits per heavy atom. The van der Waals surface area contributed by atoms with Gasteiger partial charge in [0.15, 0.2) is 0 Å². The van der Waals surface area contributed by atoms with Crippen LogP contribution in [0.3, 0.4) is 0 Å². The van der Waals surface area contributed by atoms with Gasteiger partial charge in [0.1, 0.15) is 11.5 Å². The number of nitrogens with one attached hydrogen (secondary N) is 2. The molecule has 4 aromatic rings.